The Morgan fingerprint density at radius 1 is 1.42 bits per heavy atom. The van der Waals surface area contributed by atoms with E-state index in [1.54, 1.807) is 17.5 Å². The molecule has 2 aromatic heterocycles. The molecular weight excluding hydrogens is 260 g/mol. The molecule has 0 amide bonds. The van der Waals surface area contributed by atoms with Gasteiger partial charge in [0.25, 0.3) is 0 Å². The summed E-state index contributed by atoms with van der Waals surface area (Å²) in [6, 6.07) is 0. The normalized spacial score (nSPS) is 10.8. The summed E-state index contributed by atoms with van der Waals surface area (Å²) in [6.07, 6.45) is 4.75. The minimum absolute atomic E-state index is 0.500. The van der Waals surface area contributed by atoms with Gasteiger partial charge in [0.1, 0.15) is 11.6 Å². The number of hydrogen-bond acceptors (Lipinski definition) is 5. The Morgan fingerprint density at radius 3 is 3.11 bits per heavy atom. The highest BCUT2D eigenvalue weighted by Gasteiger charge is 2.04. The van der Waals surface area contributed by atoms with Crippen molar-refractivity contribution in [2.24, 2.45) is 0 Å². The van der Waals surface area contributed by atoms with E-state index in [0.29, 0.717) is 6.61 Å². The summed E-state index contributed by atoms with van der Waals surface area (Å²) in [4.78, 5) is 4.51. The van der Waals surface area contributed by atoms with Crippen molar-refractivity contribution >= 4 is 11.3 Å². The first-order chi connectivity index (χ1) is 9.31. The van der Waals surface area contributed by atoms with Crippen LogP contribution in [-0.2, 0) is 19.7 Å². The fourth-order valence-corrected chi connectivity index (χ4v) is 2.40. The van der Waals surface area contributed by atoms with Gasteiger partial charge >= 0.3 is 0 Å². The highest BCUT2D eigenvalue weighted by Crippen LogP contribution is 2.14. The molecule has 0 radical (unpaired) electrons. The van der Waals surface area contributed by atoms with Crippen LogP contribution in [-0.4, -0.2) is 21.3 Å². The minimum Gasteiger partial charge on any atom is -0.484 e. The third kappa shape index (κ3) is 4.33. The average molecular weight is 280 g/mol. The predicted octanol–water partition coefficient (Wildman–Crippen LogP) is 2.44. The molecule has 2 rings (SSSR count). The summed E-state index contributed by atoms with van der Waals surface area (Å²) in [5.41, 5.74) is 0.973. The van der Waals surface area contributed by atoms with Crippen molar-refractivity contribution in [2.75, 3.05) is 6.54 Å². The second-order valence-corrected chi connectivity index (χ2v) is 5.18. The monoisotopic (exact) mass is 280 g/mol. The SMILES string of the molecule is CCCn1cc(OCc2csc(CNCC)n2)cn1. The third-order valence-corrected chi connectivity index (χ3v) is 3.47. The second kappa shape index (κ2) is 7.25. The first kappa shape index (κ1) is 14.0. The standard InChI is InChI=1S/C13H20N4OS/c1-3-5-17-8-12(6-15-17)18-9-11-10-19-13(16-11)7-14-4-2/h6,8,10,14H,3-5,7,9H2,1-2H3. The van der Waals surface area contributed by atoms with Gasteiger partial charge in [0.15, 0.2) is 5.75 Å². The van der Waals surface area contributed by atoms with Gasteiger partial charge in [0.05, 0.1) is 18.1 Å². The topological polar surface area (TPSA) is 52.0 Å². The summed E-state index contributed by atoms with van der Waals surface area (Å²) >= 11 is 1.66. The quantitative estimate of drug-likeness (QED) is 0.807. The van der Waals surface area contributed by atoms with E-state index >= 15 is 0 Å². The first-order valence-corrected chi connectivity index (χ1v) is 7.49. The molecule has 0 bridgehead atoms. The Hall–Kier alpha value is -1.40. The zero-order chi connectivity index (χ0) is 13.5. The van der Waals surface area contributed by atoms with Gasteiger partial charge in [0.2, 0.25) is 0 Å². The number of hydrogen-bond donors (Lipinski definition) is 1. The predicted molar refractivity (Wildman–Crippen MR) is 76.3 cm³/mol. The van der Waals surface area contributed by atoms with Crippen molar-refractivity contribution < 1.29 is 4.74 Å². The van der Waals surface area contributed by atoms with Gasteiger partial charge in [-0.15, -0.1) is 11.3 Å². The molecule has 0 aromatic carbocycles. The molecule has 0 saturated heterocycles. The van der Waals surface area contributed by atoms with Crippen LogP contribution in [0.1, 0.15) is 31.0 Å². The number of aryl methyl sites for hydroxylation is 1. The van der Waals surface area contributed by atoms with E-state index in [4.69, 9.17) is 4.74 Å². The lowest BCUT2D eigenvalue weighted by molar-refractivity contribution is 0.301. The molecule has 6 heteroatoms. The molecule has 2 aromatic rings. The van der Waals surface area contributed by atoms with Gasteiger partial charge in [-0.2, -0.15) is 5.10 Å². The molecule has 19 heavy (non-hydrogen) atoms. The summed E-state index contributed by atoms with van der Waals surface area (Å²) < 4.78 is 7.57. The molecule has 0 aliphatic carbocycles. The third-order valence-electron chi connectivity index (χ3n) is 2.57. The zero-order valence-electron chi connectivity index (χ0n) is 11.4. The van der Waals surface area contributed by atoms with Crippen molar-refractivity contribution in [3.05, 3.63) is 28.5 Å². The maximum atomic E-state index is 5.68. The van der Waals surface area contributed by atoms with E-state index in [9.17, 15) is 0 Å². The Morgan fingerprint density at radius 2 is 2.32 bits per heavy atom. The van der Waals surface area contributed by atoms with Crippen molar-refractivity contribution in [3.63, 3.8) is 0 Å². The van der Waals surface area contributed by atoms with E-state index < -0.39 is 0 Å². The molecule has 0 unspecified atom stereocenters. The molecule has 0 aliphatic heterocycles. The van der Waals surface area contributed by atoms with Crippen LogP contribution in [0.3, 0.4) is 0 Å². The van der Waals surface area contributed by atoms with Crippen LogP contribution in [0.5, 0.6) is 5.75 Å². The number of ether oxygens (including phenoxy) is 1. The number of rotatable bonds is 8. The summed E-state index contributed by atoms with van der Waals surface area (Å²) in [6.45, 7) is 7.43. The smallest absolute Gasteiger partial charge is 0.157 e. The van der Waals surface area contributed by atoms with Crippen LogP contribution in [0.25, 0.3) is 0 Å². The van der Waals surface area contributed by atoms with Gasteiger partial charge in [-0.05, 0) is 13.0 Å². The number of thiazole rings is 1. The summed E-state index contributed by atoms with van der Waals surface area (Å²) in [7, 11) is 0. The van der Waals surface area contributed by atoms with E-state index in [1.165, 1.54) is 0 Å². The highest BCUT2D eigenvalue weighted by atomic mass is 32.1. The van der Waals surface area contributed by atoms with E-state index in [0.717, 1.165) is 42.5 Å². The molecule has 1 N–H and O–H groups in total. The Balaban J connectivity index is 1.82. The van der Waals surface area contributed by atoms with Crippen LogP contribution in [0.2, 0.25) is 0 Å². The van der Waals surface area contributed by atoms with Crippen LogP contribution < -0.4 is 10.1 Å². The molecule has 0 spiro atoms. The van der Waals surface area contributed by atoms with Crippen molar-refractivity contribution in [3.8, 4) is 5.75 Å². The maximum Gasteiger partial charge on any atom is 0.157 e. The van der Waals surface area contributed by atoms with Gasteiger partial charge in [-0.3, -0.25) is 4.68 Å². The fourth-order valence-electron chi connectivity index (χ4n) is 1.66. The molecular formula is C13H20N4OS. The fraction of sp³-hybridized carbons (Fsp3) is 0.538. The first-order valence-electron chi connectivity index (χ1n) is 6.61. The maximum absolute atomic E-state index is 5.68. The Bertz CT molecular complexity index is 494. The van der Waals surface area contributed by atoms with Crippen molar-refractivity contribution in [1.82, 2.24) is 20.1 Å². The largest absolute Gasteiger partial charge is 0.484 e. The van der Waals surface area contributed by atoms with Gasteiger partial charge in [-0.25, -0.2) is 4.98 Å². The minimum atomic E-state index is 0.500. The summed E-state index contributed by atoms with van der Waals surface area (Å²) in [5.74, 6) is 0.801. The van der Waals surface area contributed by atoms with E-state index in [1.807, 2.05) is 16.3 Å². The lowest BCUT2D eigenvalue weighted by Crippen LogP contribution is -2.11. The van der Waals surface area contributed by atoms with Crippen molar-refractivity contribution in [1.29, 1.82) is 0 Å². The highest BCUT2D eigenvalue weighted by molar-refractivity contribution is 7.09. The van der Waals surface area contributed by atoms with Crippen LogP contribution in [0.15, 0.2) is 17.8 Å². The van der Waals surface area contributed by atoms with E-state index in [-0.39, 0.29) is 0 Å². The molecule has 5 nitrogen and oxygen atoms in total. The van der Waals surface area contributed by atoms with Crippen LogP contribution in [0.4, 0.5) is 0 Å². The Kier molecular flexibility index (Phi) is 5.35. The number of nitrogens with zero attached hydrogens (tertiary/aromatic N) is 3. The molecule has 2 heterocycles. The molecule has 0 saturated carbocycles. The number of nitrogens with one attached hydrogen (secondary N) is 1. The van der Waals surface area contributed by atoms with Gasteiger partial charge < -0.3 is 10.1 Å². The lowest BCUT2D eigenvalue weighted by Gasteiger charge is -2.00. The Labute approximate surface area is 117 Å². The second-order valence-electron chi connectivity index (χ2n) is 4.24. The van der Waals surface area contributed by atoms with Crippen molar-refractivity contribution in [2.45, 2.75) is 40.0 Å². The van der Waals surface area contributed by atoms with Crippen LogP contribution in [0, 0.1) is 0 Å². The molecule has 0 atom stereocenters. The molecule has 0 aliphatic rings. The zero-order valence-corrected chi connectivity index (χ0v) is 12.2. The average Bonchev–Trinajstić information content (AvgIpc) is 3.03. The molecule has 0 fully saturated rings. The van der Waals surface area contributed by atoms with Gasteiger partial charge in [0, 0.05) is 18.5 Å². The number of aromatic nitrogens is 3. The van der Waals surface area contributed by atoms with Gasteiger partial charge in [-0.1, -0.05) is 13.8 Å². The van der Waals surface area contributed by atoms with Crippen LogP contribution >= 0.6 is 11.3 Å². The summed E-state index contributed by atoms with van der Waals surface area (Å²) in [5, 5.41) is 10.6. The molecule has 104 valence electrons. The van der Waals surface area contributed by atoms with E-state index in [2.05, 4.69) is 29.2 Å². The lowest BCUT2D eigenvalue weighted by atomic mass is 10.5.